The maximum absolute atomic E-state index is 13.3. The standard InChI is InChI=1S/C27H39N3O5S/c1-21(26(32)28-27(2,3)4)29(20-18-22-13-8-7-9-14-22)25(31)17-12-19-30(36(6,33)34)23-15-10-11-16-24(23)35-5/h7-11,13-16,21H,12,17-20H2,1-6H3,(H,28,32). The van der Waals surface area contributed by atoms with E-state index in [2.05, 4.69) is 5.32 Å². The van der Waals surface area contributed by atoms with Gasteiger partial charge in [0.25, 0.3) is 0 Å². The summed E-state index contributed by atoms with van der Waals surface area (Å²) < 4.78 is 31.6. The highest BCUT2D eigenvalue weighted by Crippen LogP contribution is 2.29. The van der Waals surface area contributed by atoms with Crippen LogP contribution in [0.25, 0.3) is 0 Å². The molecule has 198 valence electrons. The van der Waals surface area contributed by atoms with Gasteiger partial charge in [-0.15, -0.1) is 0 Å². The Morgan fingerprint density at radius 2 is 1.61 bits per heavy atom. The SMILES string of the molecule is COc1ccccc1N(CCCC(=O)N(CCc1ccccc1)C(C)C(=O)NC(C)(C)C)S(C)(=O)=O. The first kappa shape index (κ1) is 29.2. The summed E-state index contributed by atoms with van der Waals surface area (Å²) in [5.41, 5.74) is 1.07. The number of nitrogens with one attached hydrogen (secondary N) is 1. The number of hydrogen-bond acceptors (Lipinski definition) is 5. The summed E-state index contributed by atoms with van der Waals surface area (Å²) in [6, 6.07) is 16.0. The zero-order valence-corrected chi connectivity index (χ0v) is 23.0. The third kappa shape index (κ3) is 8.86. The van der Waals surface area contributed by atoms with E-state index in [1.807, 2.05) is 51.1 Å². The van der Waals surface area contributed by atoms with Gasteiger partial charge >= 0.3 is 0 Å². The number of rotatable bonds is 12. The van der Waals surface area contributed by atoms with Crippen LogP contribution < -0.4 is 14.4 Å². The highest BCUT2D eigenvalue weighted by Gasteiger charge is 2.28. The first-order valence-electron chi connectivity index (χ1n) is 12.1. The van der Waals surface area contributed by atoms with Crippen LogP contribution in [0.2, 0.25) is 0 Å². The average Bonchev–Trinajstić information content (AvgIpc) is 2.80. The summed E-state index contributed by atoms with van der Waals surface area (Å²) in [4.78, 5) is 27.8. The molecule has 1 unspecified atom stereocenters. The number of carbonyl (C=O) groups excluding carboxylic acids is 2. The molecule has 9 heteroatoms. The van der Waals surface area contributed by atoms with Crippen molar-refractivity contribution in [2.75, 3.05) is 30.8 Å². The van der Waals surface area contributed by atoms with Gasteiger partial charge < -0.3 is 15.0 Å². The molecule has 2 aromatic rings. The number of amides is 2. The number of hydrogen-bond donors (Lipinski definition) is 1. The normalized spacial score (nSPS) is 12.5. The minimum absolute atomic E-state index is 0.100. The van der Waals surface area contributed by atoms with Crippen LogP contribution in [-0.2, 0) is 26.0 Å². The Hall–Kier alpha value is -3.07. The predicted molar refractivity (Wildman–Crippen MR) is 144 cm³/mol. The molecule has 2 aromatic carbocycles. The molecule has 0 aliphatic heterocycles. The van der Waals surface area contributed by atoms with Gasteiger partial charge in [0.15, 0.2) is 0 Å². The van der Waals surface area contributed by atoms with Gasteiger partial charge in [0, 0.05) is 25.0 Å². The molecule has 0 aliphatic carbocycles. The van der Waals surface area contributed by atoms with Crippen molar-refractivity contribution >= 4 is 27.5 Å². The van der Waals surface area contributed by atoms with Gasteiger partial charge in [0.2, 0.25) is 21.8 Å². The molecular formula is C27H39N3O5S. The Morgan fingerprint density at radius 1 is 1.00 bits per heavy atom. The second-order valence-corrected chi connectivity index (χ2v) is 11.8. The van der Waals surface area contributed by atoms with Gasteiger partial charge in [-0.1, -0.05) is 42.5 Å². The van der Waals surface area contributed by atoms with Gasteiger partial charge in [-0.25, -0.2) is 8.42 Å². The summed E-state index contributed by atoms with van der Waals surface area (Å²) >= 11 is 0. The van der Waals surface area contributed by atoms with Gasteiger partial charge in [-0.05, 0) is 58.2 Å². The van der Waals surface area contributed by atoms with Crippen molar-refractivity contribution in [2.24, 2.45) is 0 Å². The van der Waals surface area contributed by atoms with E-state index in [4.69, 9.17) is 4.74 Å². The molecule has 0 heterocycles. The van der Waals surface area contributed by atoms with E-state index >= 15 is 0 Å². The maximum Gasteiger partial charge on any atom is 0.242 e. The summed E-state index contributed by atoms with van der Waals surface area (Å²) in [6.07, 6.45) is 2.13. The van der Waals surface area contributed by atoms with Crippen LogP contribution in [0, 0.1) is 0 Å². The molecule has 8 nitrogen and oxygen atoms in total. The lowest BCUT2D eigenvalue weighted by molar-refractivity contribution is -0.140. The van der Waals surface area contributed by atoms with E-state index in [0.29, 0.717) is 30.8 Å². The molecule has 1 N–H and O–H groups in total. The van der Waals surface area contributed by atoms with E-state index in [1.54, 1.807) is 36.1 Å². The Morgan fingerprint density at radius 3 is 2.19 bits per heavy atom. The molecule has 0 fully saturated rings. The fourth-order valence-corrected chi connectivity index (χ4v) is 4.83. The molecule has 0 saturated carbocycles. The predicted octanol–water partition coefficient (Wildman–Crippen LogP) is 3.62. The Kier molecular flexibility index (Phi) is 10.3. The fraction of sp³-hybridized carbons (Fsp3) is 0.481. The number of methoxy groups -OCH3 is 1. The van der Waals surface area contributed by atoms with E-state index < -0.39 is 21.6 Å². The van der Waals surface area contributed by atoms with Crippen molar-refractivity contribution < 1.29 is 22.7 Å². The molecular weight excluding hydrogens is 478 g/mol. The zero-order chi connectivity index (χ0) is 26.9. The number of carbonyl (C=O) groups is 2. The molecule has 0 saturated heterocycles. The molecule has 0 bridgehead atoms. The number of anilines is 1. The summed E-state index contributed by atoms with van der Waals surface area (Å²) in [5.74, 6) is 0.0119. The maximum atomic E-state index is 13.3. The lowest BCUT2D eigenvalue weighted by Gasteiger charge is -2.32. The third-order valence-electron chi connectivity index (χ3n) is 5.66. The van der Waals surface area contributed by atoms with E-state index in [-0.39, 0.29) is 24.8 Å². The highest BCUT2D eigenvalue weighted by atomic mass is 32.2. The lowest BCUT2D eigenvalue weighted by atomic mass is 10.1. The van der Waals surface area contributed by atoms with Crippen LogP contribution in [-0.4, -0.2) is 63.2 Å². The smallest absolute Gasteiger partial charge is 0.242 e. The summed E-state index contributed by atoms with van der Waals surface area (Å²) in [5, 5.41) is 2.95. The van der Waals surface area contributed by atoms with Crippen LogP contribution in [0.3, 0.4) is 0 Å². The van der Waals surface area contributed by atoms with Gasteiger partial charge in [0.1, 0.15) is 11.8 Å². The van der Waals surface area contributed by atoms with Crippen LogP contribution in [0.5, 0.6) is 5.75 Å². The topological polar surface area (TPSA) is 96.0 Å². The van der Waals surface area contributed by atoms with Crippen LogP contribution in [0.1, 0.15) is 46.1 Å². The molecule has 0 spiro atoms. The summed E-state index contributed by atoms with van der Waals surface area (Å²) in [6.45, 7) is 7.90. The number of benzene rings is 2. The molecule has 2 amide bonds. The van der Waals surface area contributed by atoms with Crippen molar-refractivity contribution in [1.29, 1.82) is 0 Å². The van der Waals surface area contributed by atoms with Crippen molar-refractivity contribution in [2.45, 2.75) is 58.5 Å². The quantitative estimate of drug-likeness (QED) is 0.464. The Bertz CT molecular complexity index is 1110. The Balaban J connectivity index is 2.16. The molecule has 2 rings (SSSR count). The van der Waals surface area contributed by atoms with E-state index in [9.17, 15) is 18.0 Å². The van der Waals surface area contributed by atoms with Gasteiger partial charge in [-0.2, -0.15) is 0 Å². The second kappa shape index (κ2) is 12.8. The van der Waals surface area contributed by atoms with Crippen LogP contribution in [0.4, 0.5) is 5.69 Å². The van der Waals surface area contributed by atoms with Gasteiger partial charge in [0.05, 0.1) is 19.1 Å². The fourth-order valence-electron chi connectivity index (χ4n) is 3.86. The zero-order valence-electron chi connectivity index (χ0n) is 22.2. The minimum atomic E-state index is -3.60. The first-order valence-corrected chi connectivity index (χ1v) is 13.9. The molecule has 0 aromatic heterocycles. The molecule has 0 aliphatic rings. The monoisotopic (exact) mass is 517 g/mol. The number of ether oxygens (including phenoxy) is 1. The highest BCUT2D eigenvalue weighted by molar-refractivity contribution is 7.92. The average molecular weight is 518 g/mol. The number of nitrogens with zero attached hydrogens (tertiary/aromatic N) is 2. The number of para-hydroxylation sites is 2. The molecule has 0 radical (unpaired) electrons. The number of sulfonamides is 1. The lowest BCUT2D eigenvalue weighted by Crippen LogP contribution is -2.53. The first-order chi connectivity index (χ1) is 16.8. The molecule has 1 atom stereocenters. The van der Waals surface area contributed by atoms with Crippen molar-refractivity contribution in [1.82, 2.24) is 10.2 Å². The third-order valence-corrected chi connectivity index (χ3v) is 6.84. The van der Waals surface area contributed by atoms with Crippen molar-refractivity contribution in [3.8, 4) is 5.75 Å². The molecule has 36 heavy (non-hydrogen) atoms. The van der Waals surface area contributed by atoms with Crippen LogP contribution in [0.15, 0.2) is 54.6 Å². The van der Waals surface area contributed by atoms with Crippen molar-refractivity contribution in [3.63, 3.8) is 0 Å². The van der Waals surface area contributed by atoms with E-state index in [0.717, 1.165) is 11.8 Å². The second-order valence-electron chi connectivity index (χ2n) is 9.85. The minimum Gasteiger partial charge on any atom is -0.495 e. The largest absolute Gasteiger partial charge is 0.495 e. The van der Waals surface area contributed by atoms with Gasteiger partial charge in [-0.3, -0.25) is 13.9 Å². The van der Waals surface area contributed by atoms with Crippen LogP contribution >= 0.6 is 0 Å². The Labute approximate surface area is 215 Å². The van der Waals surface area contributed by atoms with E-state index in [1.165, 1.54) is 11.4 Å². The summed E-state index contributed by atoms with van der Waals surface area (Å²) in [7, 11) is -2.12. The van der Waals surface area contributed by atoms with Crippen molar-refractivity contribution in [3.05, 3.63) is 60.2 Å².